The molecule has 148 valence electrons. The third kappa shape index (κ3) is 5.79. The Morgan fingerprint density at radius 3 is 2.71 bits per heavy atom. The van der Waals surface area contributed by atoms with Gasteiger partial charge in [-0.15, -0.1) is 0 Å². The van der Waals surface area contributed by atoms with E-state index in [0.29, 0.717) is 27.4 Å². The molecule has 1 atom stereocenters. The van der Waals surface area contributed by atoms with Gasteiger partial charge in [-0.2, -0.15) is 5.26 Å². The maximum absolute atomic E-state index is 9.00. The number of rotatable bonds is 7. The number of likely N-dealkylation sites (tertiary alicyclic amines) is 1. The van der Waals surface area contributed by atoms with E-state index < -0.39 is 0 Å². The maximum Gasteiger partial charge on any atom is 0.156 e. The highest BCUT2D eigenvalue weighted by atomic mass is 35.5. The van der Waals surface area contributed by atoms with Gasteiger partial charge < -0.3 is 4.74 Å². The fraction of sp³-hybridized carbons (Fsp3) is 0.381. The zero-order valence-corrected chi connectivity index (χ0v) is 18.2. The van der Waals surface area contributed by atoms with E-state index >= 15 is 0 Å². The quantitative estimate of drug-likeness (QED) is 0.579. The van der Waals surface area contributed by atoms with Crippen molar-refractivity contribution >= 4 is 35.1 Å². The molecule has 7 heteroatoms. The summed E-state index contributed by atoms with van der Waals surface area (Å²) in [7, 11) is 0. The summed E-state index contributed by atoms with van der Waals surface area (Å²) in [5.74, 6) is 0.555. The number of hydrogen-bond acceptors (Lipinski definition) is 5. The highest BCUT2D eigenvalue weighted by Crippen LogP contribution is 2.35. The summed E-state index contributed by atoms with van der Waals surface area (Å²) in [6.07, 6.45) is 1.10. The van der Waals surface area contributed by atoms with Crippen molar-refractivity contribution in [1.29, 1.82) is 5.26 Å². The number of hydrogen-bond donors (Lipinski definition) is 1. The van der Waals surface area contributed by atoms with Crippen LogP contribution in [-0.2, 0) is 6.54 Å². The zero-order chi connectivity index (χ0) is 20.1. The van der Waals surface area contributed by atoms with Crippen molar-refractivity contribution in [3.63, 3.8) is 0 Å². The minimum absolute atomic E-state index is 0.0256. The lowest BCUT2D eigenvalue weighted by Gasteiger charge is -2.19. The number of benzene rings is 2. The molecule has 1 saturated heterocycles. The van der Waals surface area contributed by atoms with Crippen LogP contribution in [0.15, 0.2) is 41.3 Å². The van der Waals surface area contributed by atoms with Crippen molar-refractivity contribution in [1.82, 2.24) is 9.62 Å². The van der Waals surface area contributed by atoms with Crippen LogP contribution in [0.4, 0.5) is 0 Å². The van der Waals surface area contributed by atoms with Crippen molar-refractivity contribution in [2.75, 3.05) is 13.1 Å². The average Bonchev–Trinajstić information content (AvgIpc) is 3.10. The minimum atomic E-state index is 0.0256. The predicted molar refractivity (Wildman–Crippen MR) is 116 cm³/mol. The number of nitrogens with one attached hydrogen (secondary N) is 1. The van der Waals surface area contributed by atoms with Gasteiger partial charge in [0.25, 0.3) is 0 Å². The second-order valence-electron chi connectivity index (χ2n) is 7.14. The highest BCUT2D eigenvalue weighted by Gasteiger charge is 2.23. The van der Waals surface area contributed by atoms with Crippen molar-refractivity contribution in [2.24, 2.45) is 0 Å². The van der Waals surface area contributed by atoms with Crippen LogP contribution in [0.1, 0.15) is 31.4 Å². The molecule has 0 saturated carbocycles. The zero-order valence-electron chi connectivity index (χ0n) is 15.9. The van der Waals surface area contributed by atoms with Gasteiger partial charge in [-0.3, -0.25) is 9.62 Å². The van der Waals surface area contributed by atoms with E-state index in [1.54, 1.807) is 11.9 Å². The molecule has 0 aliphatic carbocycles. The Morgan fingerprint density at radius 1 is 1.29 bits per heavy atom. The van der Waals surface area contributed by atoms with Gasteiger partial charge in [-0.05, 0) is 68.1 Å². The fourth-order valence-corrected chi connectivity index (χ4v) is 4.61. The van der Waals surface area contributed by atoms with Crippen LogP contribution in [0, 0.1) is 11.3 Å². The van der Waals surface area contributed by atoms with Crippen molar-refractivity contribution < 1.29 is 4.74 Å². The van der Waals surface area contributed by atoms with E-state index in [4.69, 9.17) is 33.2 Å². The number of nitrogens with zero attached hydrogens (tertiary/aromatic N) is 2. The Balaban J connectivity index is 1.54. The molecule has 2 aromatic carbocycles. The summed E-state index contributed by atoms with van der Waals surface area (Å²) in [6, 6.07) is 14.1. The first-order valence-electron chi connectivity index (χ1n) is 9.24. The molecule has 28 heavy (non-hydrogen) atoms. The van der Waals surface area contributed by atoms with Crippen LogP contribution in [0.5, 0.6) is 5.75 Å². The van der Waals surface area contributed by atoms with Crippen molar-refractivity contribution in [3.8, 4) is 11.8 Å². The Kier molecular flexibility index (Phi) is 7.50. The van der Waals surface area contributed by atoms with Crippen LogP contribution in [0.2, 0.25) is 10.0 Å². The topological polar surface area (TPSA) is 48.3 Å². The van der Waals surface area contributed by atoms with Crippen LogP contribution >= 0.6 is 35.1 Å². The summed E-state index contributed by atoms with van der Waals surface area (Å²) in [5, 5.41) is 10.1. The molecule has 1 heterocycles. The third-order valence-electron chi connectivity index (χ3n) is 4.40. The molecule has 4 nitrogen and oxygen atoms in total. The Labute approximate surface area is 180 Å². The van der Waals surface area contributed by atoms with E-state index in [1.807, 2.05) is 50.2 Å². The van der Waals surface area contributed by atoms with E-state index in [0.717, 1.165) is 36.5 Å². The molecule has 0 radical (unpaired) electrons. The van der Waals surface area contributed by atoms with E-state index in [-0.39, 0.29) is 6.10 Å². The molecule has 0 bridgehead atoms. The standard InChI is InChI=1S/C21H23Cl2N3OS/c1-14(2)27-21-19(22)9-16(10-20(21)23)12-26-7-6-17(13-26)25-28-18-5-3-4-15(8-18)11-24/h3-5,8-10,14,17,25H,6-7,12-13H2,1-2H3. The Hall–Kier alpha value is -1.42. The number of ether oxygens (including phenoxy) is 1. The van der Waals surface area contributed by atoms with Gasteiger partial charge in [0.1, 0.15) is 0 Å². The summed E-state index contributed by atoms with van der Waals surface area (Å²) in [4.78, 5) is 3.44. The lowest BCUT2D eigenvalue weighted by molar-refractivity contribution is 0.242. The first-order chi connectivity index (χ1) is 13.4. The van der Waals surface area contributed by atoms with E-state index in [1.165, 1.54) is 0 Å². The van der Waals surface area contributed by atoms with Crippen LogP contribution in [-0.4, -0.2) is 30.1 Å². The van der Waals surface area contributed by atoms with Gasteiger partial charge in [0, 0.05) is 30.6 Å². The smallest absolute Gasteiger partial charge is 0.156 e. The SMILES string of the molecule is CC(C)Oc1c(Cl)cc(CN2CCC(NSc3cccc(C#N)c3)C2)cc1Cl. The van der Waals surface area contributed by atoms with Crippen molar-refractivity contribution in [3.05, 3.63) is 57.6 Å². The Bertz CT molecular complexity index is 846. The summed E-state index contributed by atoms with van der Waals surface area (Å²) < 4.78 is 9.21. The molecule has 1 fully saturated rings. The average molecular weight is 436 g/mol. The lowest BCUT2D eigenvalue weighted by atomic mass is 10.2. The van der Waals surface area contributed by atoms with Gasteiger partial charge in [-0.25, -0.2) is 0 Å². The molecule has 3 rings (SSSR count). The molecule has 1 aliphatic rings. The maximum atomic E-state index is 9.00. The van der Waals surface area contributed by atoms with Gasteiger partial charge in [0.05, 0.1) is 27.8 Å². The summed E-state index contributed by atoms with van der Waals surface area (Å²) in [5.41, 5.74) is 1.76. The molecular weight excluding hydrogens is 413 g/mol. The fourth-order valence-electron chi connectivity index (χ4n) is 3.16. The highest BCUT2D eigenvalue weighted by molar-refractivity contribution is 7.97. The van der Waals surface area contributed by atoms with Crippen molar-refractivity contribution in [2.45, 2.75) is 43.9 Å². The second kappa shape index (κ2) is 9.87. The molecule has 1 N–H and O–H groups in total. The Morgan fingerprint density at radius 2 is 2.04 bits per heavy atom. The molecule has 0 amide bonds. The summed E-state index contributed by atoms with van der Waals surface area (Å²) in [6.45, 7) is 6.66. The largest absolute Gasteiger partial charge is 0.488 e. The molecule has 1 aliphatic heterocycles. The third-order valence-corrected chi connectivity index (χ3v) is 5.90. The van der Waals surface area contributed by atoms with Gasteiger partial charge in [-0.1, -0.05) is 29.3 Å². The molecule has 0 aromatic heterocycles. The van der Waals surface area contributed by atoms with Crippen LogP contribution < -0.4 is 9.46 Å². The number of halogens is 2. The van der Waals surface area contributed by atoms with E-state index in [9.17, 15) is 0 Å². The van der Waals surface area contributed by atoms with Crippen LogP contribution in [0.25, 0.3) is 0 Å². The van der Waals surface area contributed by atoms with Gasteiger partial charge in [0.2, 0.25) is 0 Å². The van der Waals surface area contributed by atoms with Gasteiger partial charge >= 0.3 is 0 Å². The molecular formula is C21H23Cl2N3OS. The first-order valence-corrected chi connectivity index (χ1v) is 10.8. The monoisotopic (exact) mass is 435 g/mol. The normalized spacial score (nSPS) is 17.1. The van der Waals surface area contributed by atoms with E-state index in [2.05, 4.69) is 15.7 Å². The number of nitriles is 1. The van der Waals surface area contributed by atoms with Gasteiger partial charge in [0.15, 0.2) is 5.75 Å². The molecule has 1 unspecified atom stereocenters. The summed E-state index contributed by atoms with van der Waals surface area (Å²) >= 11 is 14.3. The molecule has 2 aromatic rings. The van der Waals surface area contributed by atoms with Crippen LogP contribution in [0.3, 0.4) is 0 Å². The second-order valence-corrected chi connectivity index (χ2v) is 8.86. The lowest BCUT2D eigenvalue weighted by Crippen LogP contribution is -2.28. The first kappa shape index (κ1) is 21.3. The minimum Gasteiger partial charge on any atom is -0.488 e. The predicted octanol–water partition coefficient (Wildman–Crippen LogP) is 5.52. The molecule has 0 spiro atoms.